The molecule has 0 aliphatic carbocycles. The van der Waals surface area contributed by atoms with Gasteiger partial charge in [0.2, 0.25) is 0 Å². The summed E-state index contributed by atoms with van der Waals surface area (Å²) in [6, 6.07) is 16.5. The molecule has 2 aromatic rings. The van der Waals surface area contributed by atoms with Crippen LogP contribution in [0.2, 0.25) is 0 Å². The molecule has 0 fully saturated rings. The number of benzene rings is 2. The Morgan fingerprint density at radius 2 is 1.54 bits per heavy atom. The quantitative estimate of drug-likeness (QED) is 0.806. The standard InChI is InChI=1S/C20H22N2O3S/c1-4-22(5-2)20-18(15-11-13-17(25-3)14-12-15)19(26(23,24)21-20)16-9-7-6-8-10-16/h6-14H,4-5H2,1-3H3. The third-order valence-corrected chi connectivity index (χ3v) is 5.76. The molecular weight excluding hydrogens is 348 g/mol. The normalized spacial score (nSPS) is 15.7. The van der Waals surface area contributed by atoms with Crippen molar-refractivity contribution in [3.05, 3.63) is 65.7 Å². The van der Waals surface area contributed by atoms with E-state index in [4.69, 9.17) is 4.74 Å². The highest BCUT2D eigenvalue weighted by molar-refractivity contribution is 8.00. The zero-order valence-electron chi connectivity index (χ0n) is 15.1. The third kappa shape index (κ3) is 3.24. The van der Waals surface area contributed by atoms with Crippen LogP contribution in [0.4, 0.5) is 0 Å². The molecule has 0 spiro atoms. The molecule has 0 radical (unpaired) electrons. The summed E-state index contributed by atoms with van der Waals surface area (Å²) >= 11 is 0. The number of nitrogens with zero attached hydrogens (tertiary/aromatic N) is 2. The Morgan fingerprint density at radius 3 is 2.08 bits per heavy atom. The maximum Gasteiger partial charge on any atom is 0.285 e. The van der Waals surface area contributed by atoms with Gasteiger partial charge in [0, 0.05) is 18.7 Å². The van der Waals surface area contributed by atoms with Crippen LogP contribution in [0.15, 0.2) is 59.0 Å². The molecule has 136 valence electrons. The Bertz CT molecular complexity index is 942. The molecule has 2 aromatic carbocycles. The number of methoxy groups -OCH3 is 1. The second-order valence-corrected chi connectivity index (χ2v) is 7.40. The van der Waals surface area contributed by atoms with Gasteiger partial charge < -0.3 is 9.64 Å². The summed E-state index contributed by atoms with van der Waals surface area (Å²) in [6.07, 6.45) is 0. The van der Waals surface area contributed by atoms with E-state index < -0.39 is 10.0 Å². The van der Waals surface area contributed by atoms with E-state index in [2.05, 4.69) is 4.40 Å². The van der Waals surface area contributed by atoms with Crippen LogP contribution in [0, 0.1) is 0 Å². The topological polar surface area (TPSA) is 59.0 Å². The van der Waals surface area contributed by atoms with Crippen molar-refractivity contribution in [1.29, 1.82) is 0 Å². The van der Waals surface area contributed by atoms with Crippen LogP contribution in [0.1, 0.15) is 25.0 Å². The number of ether oxygens (including phenoxy) is 1. The fourth-order valence-electron chi connectivity index (χ4n) is 3.08. The van der Waals surface area contributed by atoms with Gasteiger partial charge in [-0.1, -0.05) is 42.5 Å². The van der Waals surface area contributed by atoms with Gasteiger partial charge >= 0.3 is 0 Å². The van der Waals surface area contributed by atoms with Crippen LogP contribution in [-0.2, 0) is 10.0 Å². The largest absolute Gasteiger partial charge is 0.497 e. The van der Waals surface area contributed by atoms with Crippen LogP contribution in [-0.4, -0.2) is 39.4 Å². The Labute approximate surface area is 154 Å². The first-order valence-corrected chi connectivity index (χ1v) is 10.00. The minimum atomic E-state index is -3.77. The second kappa shape index (κ2) is 7.33. The average molecular weight is 370 g/mol. The summed E-state index contributed by atoms with van der Waals surface area (Å²) in [5, 5.41) is 0. The number of sulfonamides is 1. The van der Waals surface area contributed by atoms with Crippen molar-refractivity contribution in [2.75, 3.05) is 20.2 Å². The van der Waals surface area contributed by atoms with Crippen LogP contribution in [0.5, 0.6) is 5.75 Å². The maximum atomic E-state index is 12.9. The number of amidine groups is 1. The van der Waals surface area contributed by atoms with Crippen molar-refractivity contribution in [3.63, 3.8) is 0 Å². The molecule has 0 aromatic heterocycles. The lowest BCUT2D eigenvalue weighted by Crippen LogP contribution is -2.30. The van der Waals surface area contributed by atoms with Gasteiger partial charge in [-0.25, -0.2) is 0 Å². The van der Waals surface area contributed by atoms with E-state index >= 15 is 0 Å². The molecule has 1 heterocycles. The van der Waals surface area contributed by atoms with Crippen molar-refractivity contribution in [3.8, 4) is 5.75 Å². The predicted octanol–water partition coefficient (Wildman–Crippen LogP) is 3.65. The Kier molecular flexibility index (Phi) is 5.13. The molecule has 0 atom stereocenters. The van der Waals surface area contributed by atoms with Gasteiger partial charge in [-0.05, 0) is 37.1 Å². The molecule has 6 heteroatoms. The lowest BCUT2D eigenvalue weighted by molar-refractivity contribution is 0.415. The van der Waals surface area contributed by atoms with E-state index in [1.807, 2.05) is 61.2 Å². The minimum absolute atomic E-state index is 0.255. The van der Waals surface area contributed by atoms with Crippen LogP contribution in [0.25, 0.3) is 10.5 Å². The summed E-state index contributed by atoms with van der Waals surface area (Å²) in [4.78, 5) is 2.22. The highest BCUT2D eigenvalue weighted by atomic mass is 32.2. The first kappa shape index (κ1) is 18.2. The van der Waals surface area contributed by atoms with E-state index in [9.17, 15) is 8.42 Å². The Morgan fingerprint density at radius 1 is 0.923 bits per heavy atom. The molecule has 0 bridgehead atoms. The fourth-order valence-corrected chi connectivity index (χ4v) is 4.50. The van der Waals surface area contributed by atoms with Crippen molar-refractivity contribution in [1.82, 2.24) is 4.90 Å². The van der Waals surface area contributed by atoms with Gasteiger partial charge in [0.1, 0.15) is 10.7 Å². The van der Waals surface area contributed by atoms with Crippen LogP contribution in [0.3, 0.4) is 0 Å². The molecule has 0 amide bonds. The van der Waals surface area contributed by atoms with Crippen LogP contribution >= 0.6 is 0 Å². The first-order chi connectivity index (χ1) is 12.5. The van der Waals surface area contributed by atoms with E-state index in [1.54, 1.807) is 19.2 Å². The monoisotopic (exact) mass is 370 g/mol. The highest BCUT2D eigenvalue weighted by Crippen LogP contribution is 2.39. The Hall–Kier alpha value is -2.60. The van der Waals surface area contributed by atoms with E-state index in [1.165, 1.54) is 0 Å². The molecule has 3 rings (SSSR count). The number of likely N-dealkylation sites (N-methyl/N-ethyl adjacent to an activating group) is 1. The van der Waals surface area contributed by atoms with E-state index in [0.29, 0.717) is 30.1 Å². The van der Waals surface area contributed by atoms with Crippen molar-refractivity contribution in [2.24, 2.45) is 4.40 Å². The summed E-state index contributed by atoms with van der Waals surface area (Å²) < 4.78 is 35.2. The lowest BCUT2D eigenvalue weighted by Gasteiger charge is -2.22. The molecule has 1 aliphatic rings. The molecule has 0 N–H and O–H groups in total. The maximum absolute atomic E-state index is 12.9. The van der Waals surface area contributed by atoms with Gasteiger partial charge in [-0.2, -0.15) is 8.42 Å². The smallest absolute Gasteiger partial charge is 0.285 e. The van der Waals surface area contributed by atoms with Crippen molar-refractivity contribution in [2.45, 2.75) is 13.8 Å². The van der Waals surface area contributed by atoms with Gasteiger partial charge in [0.25, 0.3) is 10.0 Å². The SMILES string of the molecule is CCN(CC)C1=NS(=O)(=O)C(c2ccccc2)=C1c1ccc(OC)cc1. The summed E-state index contributed by atoms with van der Waals surface area (Å²) in [5.74, 6) is 1.22. The molecule has 26 heavy (non-hydrogen) atoms. The number of hydrogen-bond donors (Lipinski definition) is 0. The van der Waals surface area contributed by atoms with E-state index in [-0.39, 0.29) is 4.91 Å². The van der Waals surface area contributed by atoms with E-state index in [0.717, 1.165) is 11.3 Å². The summed E-state index contributed by atoms with van der Waals surface area (Å²) in [5.41, 5.74) is 2.09. The third-order valence-electron chi connectivity index (χ3n) is 4.39. The Balaban J connectivity index is 2.28. The molecule has 1 aliphatic heterocycles. The van der Waals surface area contributed by atoms with Crippen molar-refractivity contribution < 1.29 is 13.2 Å². The second-order valence-electron chi connectivity index (χ2n) is 5.86. The fraction of sp³-hybridized carbons (Fsp3) is 0.250. The first-order valence-electron chi connectivity index (χ1n) is 8.56. The summed E-state index contributed by atoms with van der Waals surface area (Å²) in [7, 11) is -2.17. The number of hydrogen-bond acceptors (Lipinski definition) is 4. The minimum Gasteiger partial charge on any atom is -0.497 e. The molecule has 0 unspecified atom stereocenters. The molecule has 5 nitrogen and oxygen atoms in total. The van der Waals surface area contributed by atoms with Crippen LogP contribution < -0.4 is 4.74 Å². The summed E-state index contributed by atoms with van der Waals surface area (Å²) in [6.45, 7) is 5.33. The highest BCUT2D eigenvalue weighted by Gasteiger charge is 2.35. The van der Waals surface area contributed by atoms with Gasteiger partial charge in [0.05, 0.1) is 7.11 Å². The lowest BCUT2D eigenvalue weighted by atomic mass is 10.0. The zero-order valence-corrected chi connectivity index (χ0v) is 16.0. The van der Waals surface area contributed by atoms with Gasteiger partial charge in [0.15, 0.2) is 5.84 Å². The average Bonchev–Trinajstić information content (AvgIpc) is 2.94. The molecule has 0 saturated carbocycles. The van der Waals surface area contributed by atoms with Gasteiger partial charge in [-0.15, -0.1) is 4.40 Å². The van der Waals surface area contributed by atoms with Gasteiger partial charge in [-0.3, -0.25) is 0 Å². The van der Waals surface area contributed by atoms with Crippen molar-refractivity contribution >= 4 is 26.3 Å². The predicted molar refractivity (Wildman–Crippen MR) is 106 cm³/mol. The molecule has 0 saturated heterocycles. The molecular formula is C20H22N2O3S. The number of rotatable bonds is 5. The zero-order chi connectivity index (χ0) is 18.7.